The molecule has 0 aromatic heterocycles. The van der Waals surface area contributed by atoms with Crippen molar-refractivity contribution in [3.63, 3.8) is 0 Å². The number of hydrogen-bond acceptors (Lipinski definition) is 4. The minimum absolute atomic E-state index is 0.0715. The largest absolute Gasteiger partial charge is 0.483 e. The van der Waals surface area contributed by atoms with Crippen molar-refractivity contribution in [1.29, 1.82) is 0 Å². The van der Waals surface area contributed by atoms with Gasteiger partial charge in [0.25, 0.3) is 6.47 Å². The smallest absolute Gasteiger partial charge is 0.318 e. The quantitative estimate of drug-likeness (QED) is 0.736. The monoisotopic (exact) mass is 417 g/mol. The summed E-state index contributed by atoms with van der Waals surface area (Å²) >= 11 is 0. The van der Waals surface area contributed by atoms with Gasteiger partial charge in [-0.15, -0.1) is 0 Å². The summed E-state index contributed by atoms with van der Waals surface area (Å²) in [6.45, 7) is 7.38. The molecule has 0 radical (unpaired) electrons. The number of piperidine rings is 1. The van der Waals surface area contributed by atoms with Gasteiger partial charge in [-0.3, -0.25) is 4.79 Å². The number of urea groups is 1. The third-order valence-corrected chi connectivity index (χ3v) is 6.25. The van der Waals surface area contributed by atoms with E-state index < -0.39 is 0 Å². The summed E-state index contributed by atoms with van der Waals surface area (Å²) in [7, 11) is 0. The first-order valence-electron chi connectivity index (χ1n) is 11.1. The average molecular weight is 418 g/mol. The summed E-state index contributed by atoms with van der Waals surface area (Å²) in [6.07, 6.45) is 7.03. The second kappa shape index (κ2) is 10.8. The number of carbonyl (C=O) groups is 2. The summed E-state index contributed by atoms with van der Waals surface area (Å²) in [5.74, 6) is 0. The second-order valence-electron chi connectivity index (χ2n) is 8.64. The van der Waals surface area contributed by atoms with E-state index in [2.05, 4.69) is 41.4 Å². The first-order chi connectivity index (χ1) is 14.6. The van der Waals surface area contributed by atoms with Crippen molar-refractivity contribution in [2.75, 3.05) is 39.3 Å². The van der Waals surface area contributed by atoms with Gasteiger partial charge in [-0.05, 0) is 57.7 Å². The van der Waals surface area contributed by atoms with Gasteiger partial charge in [0.15, 0.2) is 0 Å². The summed E-state index contributed by atoms with van der Waals surface area (Å²) in [5, 5.41) is 10.2. The van der Waals surface area contributed by atoms with E-state index in [9.17, 15) is 4.79 Å². The lowest BCUT2D eigenvalue weighted by molar-refractivity contribution is -0.122. The van der Waals surface area contributed by atoms with Crippen LogP contribution in [0.25, 0.3) is 0 Å². The number of aryl methyl sites for hydroxylation is 1. The molecule has 1 atom stereocenters. The molecular formula is C23H35N3O4. The van der Waals surface area contributed by atoms with Crippen molar-refractivity contribution < 1.29 is 19.4 Å². The second-order valence-corrected chi connectivity index (χ2v) is 8.64. The number of amides is 2. The molecule has 0 spiro atoms. The van der Waals surface area contributed by atoms with Crippen LogP contribution < -0.4 is 5.32 Å². The van der Waals surface area contributed by atoms with Crippen LogP contribution in [0.15, 0.2) is 24.3 Å². The van der Waals surface area contributed by atoms with Crippen LogP contribution >= 0.6 is 0 Å². The van der Waals surface area contributed by atoms with E-state index >= 15 is 0 Å². The van der Waals surface area contributed by atoms with Crippen LogP contribution in [0, 0.1) is 6.92 Å². The fourth-order valence-corrected chi connectivity index (χ4v) is 4.39. The van der Waals surface area contributed by atoms with Crippen LogP contribution in [0.5, 0.6) is 0 Å². The van der Waals surface area contributed by atoms with Gasteiger partial charge in [-0.25, -0.2) is 4.79 Å². The van der Waals surface area contributed by atoms with Gasteiger partial charge in [0.1, 0.15) is 0 Å². The van der Waals surface area contributed by atoms with E-state index in [1.807, 2.05) is 4.90 Å². The molecule has 1 aliphatic carbocycles. The highest BCUT2D eigenvalue weighted by atomic mass is 16.5. The van der Waals surface area contributed by atoms with E-state index in [0.717, 1.165) is 39.0 Å². The Morgan fingerprint density at radius 3 is 2.47 bits per heavy atom. The number of likely N-dealkylation sites (tertiary alicyclic amines) is 1. The molecule has 1 saturated carbocycles. The van der Waals surface area contributed by atoms with Gasteiger partial charge in [-0.1, -0.05) is 36.2 Å². The maximum Gasteiger partial charge on any atom is 0.318 e. The summed E-state index contributed by atoms with van der Waals surface area (Å²) in [4.78, 5) is 25.9. The molecule has 4 rings (SSSR count). The minimum Gasteiger partial charge on any atom is -0.483 e. The Morgan fingerprint density at radius 2 is 1.83 bits per heavy atom. The Balaban J connectivity index is 0.000000806. The number of carbonyl (C=O) groups excluding carboxylic acids is 1. The van der Waals surface area contributed by atoms with Crippen LogP contribution in [0.2, 0.25) is 0 Å². The Morgan fingerprint density at radius 1 is 1.17 bits per heavy atom. The maximum absolute atomic E-state index is 13.0. The normalized spacial score (nSPS) is 23.5. The van der Waals surface area contributed by atoms with Gasteiger partial charge in [0.05, 0.1) is 11.6 Å². The number of nitrogens with zero attached hydrogens (tertiary/aromatic N) is 2. The molecule has 2 saturated heterocycles. The zero-order valence-electron chi connectivity index (χ0n) is 18.0. The van der Waals surface area contributed by atoms with Crippen molar-refractivity contribution in [2.24, 2.45) is 0 Å². The van der Waals surface area contributed by atoms with E-state index in [4.69, 9.17) is 14.6 Å². The number of nitrogens with one attached hydrogen (secondary N) is 1. The molecule has 0 bridgehead atoms. The highest BCUT2D eigenvalue weighted by Gasteiger charge is 2.46. The summed E-state index contributed by atoms with van der Waals surface area (Å²) in [5.41, 5.74) is 2.34. The molecule has 7 nitrogen and oxygen atoms in total. The van der Waals surface area contributed by atoms with E-state index in [1.54, 1.807) is 0 Å². The molecule has 1 unspecified atom stereocenters. The standard InChI is InChI=1S/C22H33N3O2.CH2O2/c1-18-6-8-19(9-7-18)22(10-11-22)23-21(26)25-14-5-15-27-20(17-25)16-24-12-3-2-4-13-24;2-1-3/h6-9,20H,2-5,10-17H2,1H3,(H,23,26);1H,(H,2,3). The van der Waals surface area contributed by atoms with Crippen molar-refractivity contribution in [3.8, 4) is 0 Å². The maximum atomic E-state index is 13.0. The summed E-state index contributed by atoms with van der Waals surface area (Å²) < 4.78 is 6.07. The van der Waals surface area contributed by atoms with Crippen LogP contribution in [-0.2, 0) is 15.1 Å². The summed E-state index contributed by atoms with van der Waals surface area (Å²) in [6, 6.07) is 8.66. The number of hydrogen-bond donors (Lipinski definition) is 2. The highest BCUT2D eigenvalue weighted by Crippen LogP contribution is 2.45. The Kier molecular flexibility index (Phi) is 8.10. The minimum atomic E-state index is -0.250. The lowest BCUT2D eigenvalue weighted by Gasteiger charge is -2.32. The zero-order valence-corrected chi connectivity index (χ0v) is 18.0. The number of ether oxygens (including phenoxy) is 1. The van der Waals surface area contributed by atoms with Crippen molar-refractivity contribution in [1.82, 2.24) is 15.1 Å². The van der Waals surface area contributed by atoms with Gasteiger partial charge in [0.2, 0.25) is 0 Å². The van der Waals surface area contributed by atoms with Gasteiger partial charge in [-0.2, -0.15) is 0 Å². The predicted octanol–water partition coefficient (Wildman–Crippen LogP) is 2.97. The fourth-order valence-electron chi connectivity index (χ4n) is 4.39. The molecule has 1 aromatic rings. The van der Waals surface area contributed by atoms with Gasteiger partial charge in [0, 0.05) is 26.2 Å². The molecule has 2 aliphatic heterocycles. The number of carboxylic acid groups (broad SMARTS) is 1. The molecule has 2 N–H and O–H groups in total. The van der Waals surface area contributed by atoms with Crippen LogP contribution in [-0.4, -0.2) is 72.8 Å². The third-order valence-electron chi connectivity index (χ3n) is 6.25. The zero-order chi connectivity index (χ0) is 21.4. The Labute approximate surface area is 179 Å². The predicted molar refractivity (Wildman–Crippen MR) is 116 cm³/mol. The van der Waals surface area contributed by atoms with Crippen LogP contribution in [0.1, 0.15) is 49.7 Å². The lowest BCUT2D eigenvalue weighted by atomic mass is 10.0. The first-order valence-corrected chi connectivity index (χ1v) is 11.1. The molecule has 2 heterocycles. The molecule has 1 aromatic carbocycles. The molecule has 166 valence electrons. The van der Waals surface area contributed by atoms with Gasteiger partial charge < -0.3 is 25.0 Å². The van der Waals surface area contributed by atoms with E-state index in [-0.39, 0.29) is 24.1 Å². The number of rotatable bonds is 4. The molecule has 3 aliphatic rings. The highest BCUT2D eigenvalue weighted by molar-refractivity contribution is 5.76. The fraction of sp³-hybridized carbons (Fsp3) is 0.652. The third kappa shape index (κ3) is 6.19. The van der Waals surface area contributed by atoms with Crippen molar-refractivity contribution in [2.45, 2.75) is 57.1 Å². The van der Waals surface area contributed by atoms with Crippen molar-refractivity contribution >= 4 is 12.5 Å². The average Bonchev–Trinajstić information content (AvgIpc) is 3.55. The van der Waals surface area contributed by atoms with Crippen molar-refractivity contribution in [3.05, 3.63) is 35.4 Å². The van der Waals surface area contributed by atoms with Crippen LogP contribution in [0.3, 0.4) is 0 Å². The Bertz CT molecular complexity index is 684. The molecular weight excluding hydrogens is 382 g/mol. The van der Waals surface area contributed by atoms with E-state index in [1.165, 1.54) is 43.5 Å². The van der Waals surface area contributed by atoms with E-state index in [0.29, 0.717) is 6.54 Å². The Hall–Kier alpha value is -2.12. The molecule has 7 heteroatoms. The van der Waals surface area contributed by atoms with Crippen LogP contribution in [0.4, 0.5) is 4.79 Å². The molecule has 2 amide bonds. The van der Waals surface area contributed by atoms with Gasteiger partial charge >= 0.3 is 6.03 Å². The topological polar surface area (TPSA) is 82.1 Å². The lowest BCUT2D eigenvalue weighted by Crippen LogP contribution is -2.49. The molecule has 3 fully saturated rings. The molecule has 30 heavy (non-hydrogen) atoms. The SMILES string of the molecule is Cc1ccc(C2(NC(=O)N3CCCOC(CN4CCCCC4)C3)CC2)cc1.O=CO. The first kappa shape index (κ1) is 22.6. The number of benzene rings is 1.